The van der Waals surface area contributed by atoms with E-state index in [4.69, 9.17) is 16.5 Å². The van der Waals surface area contributed by atoms with Crippen molar-refractivity contribution in [1.29, 1.82) is 0 Å². The molecule has 0 radical (unpaired) electrons. The summed E-state index contributed by atoms with van der Waals surface area (Å²) in [6.07, 6.45) is 3.32. The number of rotatable bonds is 4. The van der Waals surface area contributed by atoms with Crippen LogP contribution in [0.15, 0.2) is 52.8 Å². The maximum Gasteiger partial charge on any atom is 0.204 e. The molecule has 0 fully saturated rings. The highest BCUT2D eigenvalue weighted by molar-refractivity contribution is 6.23. The fraction of sp³-hybridized carbons (Fsp3) is 0.217. The van der Waals surface area contributed by atoms with E-state index in [0.29, 0.717) is 17.1 Å². The monoisotopic (exact) mass is 389 g/mol. The van der Waals surface area contributed by atoms with Gasteiger partial charge in [-0.3, -0.25) is 4.79 Å². The lowest BCUT2D eigenvalue weighted by molar-refractivity contribution is -0.111. The lowest BCUT2D eigenvalue weighted by atomic mass is 10.0. The van der Waals surface area contributed by atoms with Crippen molar-refractivity contribution in [3.8, 4) is 0 Å². The molecule has 0 amide bonds. The molecule has 6 heteroatoms. The van der Waals surface area contributed by atoms with Gasteiger partial charge in [-0.1, -0.05) is 0 Å². The quantitative estimate of drug-likeness (QED) is 0.470. The normalized spacial score (nSPS) is 15.2. The number of ketones is 1. The van der Waals surface area contributed by atoms with Gasteiger partial charge >= 0.3 is 0 Å². The van der Waals surface area contributed by atoms with E-state index in [1.165, 1.54) is 0 Å². The predicted molar refractivity (Wildman–Crippen MR) is 122 cm³/mol. The highest BCUT2D eigenvalue weighted by Gasteiger charge is 2.20. The van der Waals surface area contributed by atoms with Gasteiger partial charge in [0.15, 0.2) is 0 Å². The molecule has 2 aromatic carbocycles. The Morgan fingerprint density at radius 1 is 0.793 bits per heavy atom. The van der Waals surface area contributed by atoms with Gasteiger partial charge in [-0.05, 0) is 80.3 Å². The minimum atomic E-state index is -0.118. The molecule has 2 aromatic rings. The van der Waals surface area contributed by atoms with Crippen LogP contribution in [-0.4, -0.2) is 18.5 Å². The van der Waals surface area contributed by atoms with Crippen LogP contribution in [0.1, 0.15) is 22.3 Å². The second-order valence-corrected chi connectivity index (χ2v) is 7.23. The van der Waals surface area contributed by atoms with E-state index in [1.807, 2.05) is 52.0 Å². The number of nitrogen functional groups attached to an aromatic ring is 2. The number of benzene rings is 2. The number of carbonyl (C=O) groups excluding carboxylic acids is 1. The van der Waals surface area contributed by atoms with Crippen LogP contribution < -0.4 is 22.1 Å². The third kappa shape index (κ3) is 3.87. The van der Waals surface area contributed by atoms with E-state index in [0.717, 1.165) is 45.0 Å². The maximum atomic E-state index is 12.7. The summed E-state index contributed by atoms with van der Waals surface area (Å²) in [7, 11) is 1.77. The Bertz CT molecular complexity index is 1090. The smallest absolute Gasteiger partial charge is 0.204 e. The number of hydrogen-bond acceptors (Lipinski definition) is 6. The van der Waals surface area contributed by atoms with Crippen molar-refractivity contribution in [2.75, 3.05) is 23.8 Å². The van der Waals surface area contributed by atoms with E-state index in [2.05, 4.69) is 10.6 Å². The van der Waals surface area contributed by atoms with E-state index in [-0.39, 0.29) is 5.78 Å². The molecule has 6 nitrogen and oxygen atoms in total. The van der Waals surface area contributed by atoms with Gasteiger partial charge in [0.2, 0.25) is 5.78 Å². The average molecular weight is 390 g/mol. The number of allylic oxidation sites excluding steroid dienone is 2. The zero-order valence-corrected chi connectivity index (χ0v) is 17.5. The van der Waals surface area contributed by atoms with Crippen LogP contribution in [0.5, 0.6) is 0 Å². The van der Waals surface area contributed by atoms with Crippen molar-refractivity contribution >= 4 is 34.2 Å². The summed E-state index contributed by atoms with van der Waals surface area (Å²) in [6.45, 7) is 7.91. The van der Waals surface area contributed by atoms with Gasteiger partial charge in [0.25, 0.3) is 0 Å². The number of carbonyl (C=O) groups is 1. The molecule has 29 heavy (non-hydrogen) atoms. The number of nitrogens with two attached hydrogens (primary N) is 2. The molecule has 3 rings (SSSR count). The summed E-state index contributed by atoms with van der Waals surface area (Å²) in [6, 6.07) is 7.46. The summed E-state index contributed by atoms with van der Waals surface area (Å²) in [5.74, 6) is -0.118. The topological polar surface area (TPSA) is 106 Å². The number of nitrogens with zero attached hydrogens (tertiary/aromatic N) is 1. The minimum Gasteiger partial charge on any atom is -0.399 e. The van der Waals surface area contributed by atoms with Gasteiger partial charge in [-0.15, -0.1) is 0 Å². The number of hydrogen-bond donors (Lipinski definition) is 4. The van der Waals surface area contributed by atoms with Crippen molar-refractivity contribution < 1.29 is 4.79 Å². The molecule has 0 unspecified atom stereocenters. The molecule has 0 saturated carbocycles. The van der Waals surface area contributed by atoms with Gasteiger partial charge in [0, 0.05) is 30.2 Å². The predicted octanol–water partition coefficient (Wildman–Crippen LogP) is 3.84. The van der Waals surface area contributed by atoms with Gasteiger partial charge < -0.3 is 22.1 Å². The number of nitrogens with one attached hydrogen (secondary N) is 2. The summed E-state index contributed by atoms with van der Waals surface area (Å²) >= 11 is 0. The summed E-state index contributed by atoms with van der Waals surface area (Å²) in [5.41, 5.74) is 20.9. The van der Waals surface area contributed by atoms with Gasteiger partial charge in [-0.25, -0.2) is 4.99 Å². The Hall–Kier alpha value is -3.54. The van der Waals surface area contributed by atoms with E-state index >= 15 is 0 Å². The molecule has 1 aliphatic rings. The summed E-state index contributed by atoms with van der Waals surface area (Å²) in [5, 5.41) is 6.30. The molecular weight excluding hydrogens is 362 g/mol. The highest BCUT2D eigenvalue weighted by Crippen LogP contribution is 2.29. The Balaban J connectivity index is 2.04. The van der Waals surface area contributed by atoms with Crippen molar-refractivity contribution in [2.45, 2.75) is 27.7 Å². The lowest BCUT2D eigenvalue weighted by Crippen LogP contribution is -2.24. The molecular formula is C23H27N5O. The van der Waals surface area contributed by atoms with Gasteiger partial charge in [-0.2, -0.15) is 0 Å². The molecule has 0 aromatic heterocycles. The molecule has 6 N–H and O–H groups in total. The first-order valence-electron chi connectivity index (χ1n) is 9.45. The highest BCUT2D eigenvalue weighted by atomic mass is 16.1. The fourth-order valence-electron chi connectivity index (χ4n) is 3.16. The van der Waals surface area contributed by atoms with Crippen LogP contribution in [0.2, 0.25) is 0 Å². The third-order valence-corrected chi connectivity index (χ3v) is 5.51. The Morgan fingerprint density at radius 2 is 1.41 bits per heavy atom. The zero-order valence-electron chi connectivity index (χ0n) is 17.5. The molecule has 0 heterocycles. The van der Waals surface area contributed by atoms with Crippen LogP contribution >= 0.6 is 0 Å². The average Bonchev–Trinajstić information content (AvgIpc) is 2.70. The number of aliphatic imine (C=N–C) groups is 1. The Kier molecular flexibility index (Phi) is 5.46. The van der Waals surface area contributed by atoms with Crippen LogP contribution in [0, 0.1) is 27.7 Å². The zero-order chi connectivity index (χ0) is 21.3. The van der Waals surface area contributed by atoms with Crippen molar-refractivity contribution in [2.24, 2.45) is 4.99 Å². The van der Waals surface area contributed by atoms with Crippen molar-refractivity contribution in [3.05, 3.63) is 70.1 Å². The van der Waals surface area contributed by atoms with Crippen molar-refractivity contribution in [1.82, 2.24) is 5.32 Å². The van der Waals surface area contributed by atoms with E-state index < -0.39 is 0 Å². The van der Waals surface area contributed by atoms with Crippen molar-refractivity contribution in [3.63, 3.8) is 0 Å². The summed E-state index contributed by atoms with van der Waals surface area (Å²) < 4.78 is 0. The maximum absolute atomic E-state index is 12.7. The SMILES string of the molecule is CNC1=CC(=O)C(Nc2ccc(N)c(C)c2C)=CC1=Nc1ccc(N)c(C)c1C. The van der Waals surface area contributed by atoms with Crippen LogP contribution in [0.4, 0.5) is 22.7 Å². The van der Waals surface area contributed by atoms with E-state index in [1.54, 1.807) is 19.2 Å². The molecule has 1 aliphatic carbocycles. The molecule has 0 atom stereocenters. The van der Waals surface area contributed by atoms with Gasteiger partial charge in [0.05, 0.1) is 22.8 Å². The molecule has 0 aliphatic heterocycles. The second kappa shape index (κ2) is 7.83. The number of anilines is 3. The van der Waals surface area contributed by atoms with Crippen LogP contribution in [0.25, 0.3) is 0 Å². The third-order valence-electron chi connectivity index (χ3n) is 5.51. The first-order chi connectivity index (χ1) is 13.7. The Morgan fingerprint density at radius 3 is 2.07 bits per heavy atom. The second-order valence-electron chi connectivity index (χ2n) is 7.23. The first kappa shape index (κ1) is 20.2. The molecule has 0 bridgehead atoms. The lowest BCUT2D eigenvalue weighted by Gasteiger charge is -2.19. The largest absolute Gasteiger partial charge is 0.399 e. The molecule has 0 spiro atoms. The van der Waals surface area contributed by atoms with Crippen LogP contribution in [-0.2, 0) is 4.79 Å². The minimum absolute atomic E-state index is 0.118. The standard InChI is InChI=1S/C23H27N5O/c1-12-14(3)18(8-6-16(12)24)27-21-10-22(23(29)11-20(21)26-5)28-19-9-7-17(25)13(2)15(19)4/h6-11,26,28H,24-25H2,1-5H3. The van der Waals surface area contributed by atoms with Gasteiger partial charge in [0.1, 0.15) is 0 Å². The molecule has 150 valence electrons. The molecule has 0 saturated heterocycles. The van der Waals surface area contributed by atoms with Crippen LogP contribution in [0.3, 0.4) is 0 Å². The fourth-order valence-corrected chi connectivity index (χ4v) is 3.16. The first-order valence-corrected chi connectivity index (χ1v) is 9.45. The Labute approximate surface area is 171 Å². The summed E-state index contributed by atoms with van der Waals surface area (Å²) in [4.78, 5) is 17.4. The van der Waals surface area contributed by atoms with E-state index in [9.17, 15) is 4.79 Å².